The van der Waals surface area contributed by atoms with Crippen molar-refractivity contribution in [2.75, 3.05) is 0 Å². The lowest BCUT2D eigenvalue weighted by atomic mass is 10.1. The first-order valence-electron chi connectivity index (χ1n) is 5.12. The van der Waals surface area contributed by atoms with E-state index >= 15 is 0 Å². The third-order valence-electron chi connectivity index (χ3n) is 2.63. The molecule has 1 aromatic carbocycles. The molecule has 0 aliphatic heterocycles. The van der Waals surface area contributed by atoms with E-state index in [1.54, 1.807) is 18.3 Å². The van der Waals surface area contributed by atoms with Gasteiger partial charge < -0.3 is 4.98 Å². The van der Waals surface area contributed by atoms with E-state index in [2.05, 4.69) is 4.98 Å². The highest BCUT2D eigenvalue weighted by molar-refractivity contribution is 7.18. The maximum absolute atomic E-state index is 12.3. The third-order valence-corrected chi connectivity index (χ3v) is 3.86. The Bertz CT molecular complexity index is 698. The molecule has 3 aromatic rings. The number of carbonyl (C=O) groups excluding carboxylic acids is 1. The Morgan fingerprint density at radius 1 is 1.18 bits per heavy atom. The number of hydrogen-bond acceptors (Lipinski definition) is 2. The number of H-pyrrole nitrogens is 1. The van der Waals surface area contributed by atoms with Crippen molar-refractivity contribution in [2.45, 2.75) is 0 Å². The summed E-state index contributed by atoms with van der Waals surface area (Å²) in [5, 5.41) is 0.946. The van der Waals surface area contributed by atoms with Crippen LogP contribution in [0, 0.1) is 0 Å². The van der Waals surface area contributed by atoms with Crippen LogP contribution >= 0.6 is 22.9 Å². The summed E-state index contributed by atoms with van der Waals surface area (Å²) in [6.07, 6.45) is 1.75. The van der Waals surface area contributed by atoms with Gasteiger partial charge in [0.15, 0.2) is 0 Å². The van der Waals surface area contributed by atoms with Crippen molar-refractivity contribution in [3.05, 3.63) is 57.4 Å². The van der Waals surface area contributed by atoms with E-state index < -0.39 is 0 Å². The number of thiophene rings is 1. The third kappa shape index (κ3) is 1.77. The van der Waals surface area contributed by atoms with E-state index in [0.29, 0.717) is 14.8 Å². The molecule has 0 aliphatic rings. The second-order valence-electron chi connectivity index (χ2n) is 3.68. The Morgan fingerprint density at radius 2 is 2.00 bits per heavy atom. The molecule has 0 unspecified atom stereocenters. The highest BCUT2D eigenvalue weighted by atomic mass is 35.5. The van der Waals surface area contributed by atoms with Gasteiger partial charge in [-0.1, -0.05) is 29.8 Å². The van der Waals surface area contributed by atoms with Crippen LogP contribution in [0.3, 0.4) is 0 Å². The van der Waals surface area contributed by atoms with E-state index in [4.69, 9.17) is 11.6 Å². The molecule has 0 saturated heterocycles. The molecular formula is C13H8ClNOS. The molecule has 0 aliphatic carbocycles. The summed E-state index contributed by atoms with van der Waals surface area (Å²) < 4.78 is 0.633. The van der Waals surface area contributed by atoms with E-state index in [1.165, 1.54) is 11.3 Å². The van der Waals surface area contributed by atoms with Crippen LogP contribution in [0.4, 0.5) is 0 Å². The molecule has 0 bridgehead atoms. The largest absolute Gasteiger partial charge is 0.360 e. The predicted octanol–water partition coefficient (Wildman–Crippen LogP) is 4.11. The Hall–Kier alpha value is -1.58. The lowest BCUT2D eigenvalue weighted by Crippen LogP contribution is -1.96. The van der Waals surface area contributed by atoms with Gasteiger partial charge in [0, 0.05) is 22.7 Å². The normalized spacial score (nSPS) is 10.9. The second-order valence-corrected chi connectivity index (χ2v) is 5.40. The minimum absolute atomic E-state index is 0.0133. The number of hydrogen-bond donors (Lipinski definition) is 1. The lowest BCUT2D eigenvalue weighted by Gasteiger charge is -1.95. The Morgan fingerprint density at radius 3 is 2.76 bits per heavy atom. The van der Waals surface area contributed by atoms with Crippen molar-refractivity contribution < 1.29 is 4.79 Å². The van der Waals surface area contributed by atoms with Crippen LogP contribution in [0.25, 0.3) is 10.9 Å². The number of halogens is 1. The zero-order chi connectivity index (χ0) is 11.8. The van der Waals surface area contributed by atoms with Gasteiger partial charge in [0.2, 0.25) is 5.78 Å². The van der Waals surface area contributed by atoms with Gasteiger partial charge in [-0.2, -0.15) is 0 Å². The second kappa shape index (κ2) is 4.02. The smallest absolute Gasteiger partial charge is 0.205 e. The summed E-state index contributed by atoms with van der Waals surface area (Å²) >= 11 is 7.15. The van der Waals surface area contributed by atoms with Crippen LogP contribution in [-0.4, -0.2) is 10.8 Å². The van der Waals surface area contributed by atoms with Crippen molar-refractivity contribution in [1.82, 2.24) is 4.98 Å². The van der Waals surface area contributed by atoms with Gasteiger partial charge in [-0.15, -0.1) is 11.3 Å². The number of ketones is 1. The Balaban J connectivity index is 2.13. The van der Waals surface area contributed by atoms with Crippen molar-refractivity contribution in [2.24, 2.45) is 0 Å². The van der Waals surface area contributed by atoms with Crippen molar-refractivity contribution in [1.29, 1.82) is 0 Å². The first kappa shape index (κ1) is 10.6. The lowest BCUT2D eigenvalue weighted by molar-refractivity contribution is 0.104. The summed E-state index contributed by atoms with van der Waals surface area (Å²) in [5.74, 6) is 0.0133. The number of carbonyl (C=O) groups is 1. The monoisotopic (exact) mass is 261 g/mol. The summed E-state index contributed by atoms with van der Waals surface area (Å²) in [6.45, 7) is 0. The molecule has 0 fully saturated rings. The quantitative estimate of drug-likeness (QED) is 0.692. The molecule has 0 saturated carbocycles. The average molecular weight is 262 g/mol. The molecule has 4 heteroatoms. The molecule has 0 spiro atoms. The van der Waals surface area contributed by atoms with Gasteiger partial charge in [0.1, 0.15) is 0 Å². The molecule has 0 radical (unpaired) electrons. The molecule has 0 atom stereocenters. The molecule has 2 aromatic heterocycles. The zero-order valence-corrected chi connectivity index (χ0v) is 10.3. The molecule has 84 valence electrons. The van der Waals surface area contributed by atoms with Crippen molar-refractivity contribution in [3.63, 3.8) is 0 Å². The Kier molecular flexibility index (Phi) is 2.50. The zero-order valence-electron chi connectivity index (χ0n) is 8.74. The standard InChI is InChI=1S/C13H8ClNOS/c14-12-6-5-11(17-12)13(16)9-7-15-10-4-2-1-3-8(9)10/h1-7,15H. The molecule has 17 heavy (non-hydrogen) atoms. The van der Waals surface area contributed by atoms with Crippen molar-refractivity contribution in [3.8, 4) is 0 Å². The molecular weight excluding hydrogens is 254 g/mol. The minimum atomic E-state index is 0.0133. The van der Waals surface area contributed by atoms with E-state index in [0.717, 1.165) is 10.9 Å². The number of para-hydroxylation sites is 1. The van der Waals surface area contributed by atoms with Gasteiger partial charge in [-0.05, 0) is 18.2 Å². The van der Waals surface area contributed by atoms with Crippen molar-refractivity contribution >= 4 is 39.6 Å². The summed E-state index contributed by atoms with van der Waals surface area (Å²) in [7, 11) is 0. The maximum Gasteiger partial charge on any atom is 0.205 e. The fourth-order valence-corrected chi connectivity index (χ4v) is 2.83. The van der Waals surface area contributed by atoms with Gasteiger partial charge in [-0.25, -0.2) is 0 Å². The van der Waals surface area contributed by atoms with Crippen LogP contribution in [0.1, 0.15) is 15.2 Å². The summed E-state index contributed by atoms with van der Waals surface area (Å²) in [4.78, 5) is 16.0. The number of aromatic amines is 1. The van der Waals surface area contributed by atoms with Gasteiger partial charge in [0.05, 0.1) is 9.21 Å². The van der Waals surface area contributed by atoms with E-state index in [9.17, 15) is 4.79 Å². The highest BCUT2D eigenvalue weighted by Crippen LogP contribution is 2.26. The number of fused-ring (bicyclic) bond motifs is 1. The summed E-state index contributed by atoms with van der Waals surface area (Å²) in [5.41, 5.74) is 1.66. The van der Waals surface area contributed by atoms with E-state index in [-0.39, 0.29) is 5.78 Å². The summed E-state index contributed by atoms with van der Waals surface area (Å²) in [6, 6.07) is 11.3. The fraction of sp³-hybridized carbons (Fsp3) is 0. The van der Waals surface area contributed by atoms with Crippen LogP contribution in [0.2, 0.25) is 4.34 Å². The van der Waals surface area contributed by atoms with Crippen LogP contribution in [0.15, 0.2) is 42.6 Å². The topological polar surface area (TPSA) is 32.9 Å². The molecule has 1 N–H and O–H groups in total. The molecule has 2 nitrogen and oxygen atoms in total. The van der Waals surface area contributed by atoms with E-state index in [1.807, 2.05) is 24.3 Å². The number of aromatic nitrogens is 1. The van der Waals surface area contributed by atoms with Crippen LogP contribution < -0.4 is 0 Å². The van der Waals surface area contributed by atoms with Gasteiger partial charge in [-0.3, -0.25) is 4.79 Å². The average Bonchev–Trinajstić information content (AvgIpc) is 2.94. The highest BCUT2D eigenvalue weighted by Gasteiger charge is 2.15. The maximum atomic E-state index is 12.3. The van der Waals surface area contributed by atoms with Gasteiger partial charge >= 0.3 is 0 Å². The minimum Gasteiger partial charge on any atom is -0.360 e. The molecule has 0 amide bonds. The van der Waals surface area contributed by atoms with Crippen LogP contribution in [0.5, 0.6) is 0 Å². The number of benzene rings is 1. The first-order chi connectivity index (χ1) is 8.25. The predicted molar refractivity (Wildman–Crippen MR) is 71.1 cm³/mol. The number of rotatable bonds is 2. The fourth-order valence-electron chi connectivity index (χ4n) is 1.83. The van der Waals surface area contributed by atoms with Gasteiger partial charge in [0.25, 0.3) is 0 Å². The Labute approximate surface area is 107 Å². The number of nitrogens with one attached hydrogen (secondary N) is 1. The molecule has 3 rings (SSSR count). The first-order valence-corrected chi connectivity index (χ1v) is 6.31. The SMILES string of the molecule is O=C(c1ccc(Cl)s1)c1c[nH]c2ccccc12. The van der Waals surface area contributed by atoms with Crippen LogP contribution in [-0.2, 0) is 0 Å². The molecule has 2 heterocycles.